The van der Waals surface area contributed by atoms with Crippen LogP contribution in [0.4, 0.5) is 17.3 Å². The topological polar surface area (TPSA) is 59.5 Å². The minimum atomic E-state index is 0.317. The van der Waals surface area contributed by atoms with Gasteiger partial charge in [0, 0.05) is 29.9 Å². The highest BCUT2D eigenvalue weighted by atomic mass is 35.5. The molecule has 2 aliphatic rings. The molecule has 144 valence electrons. The van der Waals surface area contributed by atoms with E-state index in [1.165, 1.54) is 18.5 Å². The van der Waals surface area contributed by atoms with Crippen LogP contribution in [0, 0.1) is 5.41 Å². The second kappa shape index (κ2) is 7.90. The Morgan fingerprint density at radius 2 is 1.96 bits per heavy atom. The molecule has 2 aromatic rings. The van der Waals surface area contributed by atoms with Gasteiger partial charge in [0.05, 0.1) is 26.0 Å². The van der Waals surface area contributed by atoms with Gasteiger partial charge in [-0.15, -0.1) is 0 Å². The Hall–Kier alpha value is -2.05. The van der Waals surface area contributed by atoms with Crippen molar-refractivity contribution in [2.24, 2.45) is 5.41 Å². The average molecular weight is 389 g/mol. The van der Waals surface area contributed by atoms with Crippen molar-refractivity contribution in [2.45, 2.75) is 26.2 Å². The summed E-state index contributed by atoms with van der Waals surface area (Å²) in [5.41, 5.74) is 2.43. The molecule has 27 heavy (non-hydrogen) atoms. The molecule has 7 heteroatoms. The summed E-state index contributed by atoms with van der Waals surface area (Å²) in [6, 6.07) is 8.25. The quantitative estimate of drug-likeness (QED) is 0.763. The lowest BCUT2D eigenvalue weighted by Crippen LogP contribution is -2.36. The summed E-state index contributed by atoms with van der Waals surface area (Å²) < 4.78 is 11.3. The van der Waals surface area contributed by atoms with Gasteiger partial charge >= 0.3 is 0 Å². The minimum Gasteiger partial charge on any atom is -0.476 e. The number of benzene rings is 1. The molecule has 0 unspecified atom stereocenters. The molecule has 2 heterocycles. The van der Waals surface area contributed by atoms with Gasteiger partial charge in [0.15, 0.2) is 0 Å². The Bertz CT molecular complexity index is 774. The normalized spacial score (nSPS) is 18.2. The van der Waals surface area contributed by atoms with E-state index in [1.807, 2.05) is 12.1 Å². The molecule has 1 saturated heterocycles. The maximum absolute atomic E-state index is 6.20. The summed E-state index contributed by atoms with van der Waals surface area (Å²) >= 11 is 6.20. The molecule has 6 nitrogen and oxygen atoms in total. The van der Waals surface area contributed by atoms with Crippen LogP contribution in [0.1, 0.15) is 26.2 Å². The monoisotopic (exact) mass is 388 g/mol. The average Bonchev–Trinajstić information content (AvgIpc) is 3.50. The van der Waals surface area contributed by atoms with Crippen LogP contribution in [0.2, 0.25) is 5.02 Å². The zero-order valence-corrected chi connectivity index (χ0v) is 16.3. The summed E-state index contributed by atoms with van der Waals surface area (Å²) in [6.45, 7) is 6.26. The SMILES string of the molecule is CCC1(COc2nc(Nc3ccc(N4CCOCC4)cc3)ncc2Cl)CC1. The standard InChI is InChI=1S/C20H25ClN4O2/c1-2-20(7-8-20)14-27-18-17(21)13-22-19(24-18)23-15-3-5-16(6-4-15)25-9-11-26-12-10-25/h3-6,13H,2,7-12,14H2,1H3,(H,22,23,24). The van der Waals surface area contributed by atoms with Crippen molar-refractivity contribution in [3.8, 4) is 5.88 Å². The highest BCUT2D eigenvalue weighted by Crippen LogP contribution is 2.48. The van der Waals surface area contributed by atoms with Crippen molar-refractivity contribution in [3.05, 3.63) is 35.5 Å². The van der Waals surface area contributed by atoms with Crippen LogP contribution in [0.15, 0.2) is 30.5 Å². The maximum atomic E-state index is 6.20. The van der Waals surface area contributed by atoms with Crippen LogP contribution >= 0.6 is 11.6 Å². The van der Waals surface area contributed by atoms with E-state index in [9.17, 15) is 0 Å². The lowest BCUT2D eigenvalue weighted by atomic mass is 10.1. The smallest absolute Gasteiger partial charge is 0.237 e. The third-order valence-corrected chi connectivity index (χ3v) is 5.69. The summed E-state index contributed by atoms with van der Waals surface area (Å²) in [5, 5.41) is 3.66. The lowest BCUT2D eigenvalue weighted by molar-refractivity contribution is 0.122. The highest BCUT2D eigenvalue weighted by Gasteiger charge is 2.41. The molecule has 0 amide bonds. The fraction of sp³-hybridized carbons (Fsp3) is 0.500. The molecule has 0 bridgehead atoms. The van der Waals surface area contributed by atoms with E-state index < -0.39 is 0 Å². The molecular weight excluding hydrogens is 364 g/mol. The van der Waals surface area contributed by atoms with Gasteiger partial charge in [0.25, 0.3) is 0 Å². The lowest BCUT2D eigenvalue weighted by Gasteiger charge is -2.28. The first-order valence-corrected chi connectivity index (χ1v) is 9.90. The molecule has 1 aliphatic heterocycles. The van der Waals surface area contributed by atoms with E-state index in [1.54, 1.807) is 6.20 Å². The molecular formula is C20H25ClN4O2. The van der Waals surface area contributed by atoms with E-state index in [4.69, 9.17) is 21.1 Å². The van der Waals surface area contributed by atoms with Crippen molar-refractivity contribution < 1.29 is 9.47 Å². The summed E-state index contributed by atoms with van der Waals surface area (Å²) in [7, 11) is 0. The zero-order chi connectivity index (χ0) is 18.7. The van der Waals surface area contributed by atoms with Gasteiger partial charge in [-0.2, -0.15) is 4.98 Å². The second-order valence-electron chi connectivity index (χ2n) is 7.26. The van der Waals surface area contributed by atoms with E-state index in [0.717, 1.165) is 38.4 Å². The van der Waals surface area contributed by atoms with Gasteiger partial charge in [0.2, 0.25) is 11.8 Å². The first-order chi connectivity index (χ1) is 13.2. The van der Waals surface area contributed by atoms with Crippen molar-refractivity contribution in [2.75, 3.05) is 43.1 Å². The number of anilines is 3. The van der Waals surface area contributed by atoms with E-state index >= 15 is 0 Å². The summed E-state index contributed by atoms with van der Waals surface area (Å²) in [4.78, 5) is 11.0. The Labute approximate surface area is 164 Å². The summed E-state index contributed by atoms with van der Waals surface area (Å²) in [6.07, 6.45) is 5.13. The fourth-order valence-electron chi connectivity index (χ4n) is 3.22. The number of nitrogens with zero attached hydrogens (tertiary/aromatic N) is 3. The molecule has 0 atom stereocenters. The van der Waals surface area contributed by atoms with Crippen molar-refractivity contribution in [3.63, 3.8) is 0 Å². The van der Waals surface area contributed by atoms with Crippen LogP contribution in [0.25, 0.3) is 0 Å². The number of ether oxygens (including phenoxy) is 2. The Balaban J connectivity index is 1.40. The summed E-state index contributed by atoms with van der Waals surface area (Å²) in [5.74, 6) is 0.925. The largest absolute Gasteiger partial charge is 0.476 e. The predicted octanol–water partition coefficient (Wildman–Crippen LogP) is 4.28. The number of hydrogen-bond donors (Lipinski definition) is 1. The van der Waals surface area contributed by atoms with Crippen LogP contribution in [0.3, 0.4) is 0 Å². The molecule has 0 spiro atoms. The molecule has 0 radical (unpaired) electrons. The zero-order valence-electron chi connectivity index (χ0n) is 15.6. The molecule has 1 N–H and O–H groups in total. The first kappa shape index (κ1) is 18.3. The second-order valence-corrected chi connectivity index (χ2v) is 7.67. The van der Waals surface area contributed by atoms with Gasteiger partial charge in [0.1, 0.15) is 5.02 Å². The first-order valence-electron chi connectivity index (χ1n) is 9.53. The van der Waals surface area contributed by atoms with Crippen LogP contribution in [-0.4, -0.2) is 42.9 Å². The molecule has 1 aromatic heterocycles. The minimum absolute atomic E-state index is 0.317. The van der Waals surface area contributed by atoms with Crippen LogP contribution in [-0.2, 0) is 4.74 Å². The molecule has 1 aromatic carbocycles. The maximum Gasteiger partial charge on any atom is 0.237 e. The predicted molar refractivity (Wildman–Crippen MR) is 107 cm³/mol. The number of morpholine rings is 1. The van der Waals surface area contributed by atoms with Crippen LogP contribution < -0.4 is 15.0 Å². The molecule has 4 rings (SSSR count). The van der Waals surface area contributed by atoms with Gasteiger partial charge < -0.3 is 19.7 Å². The van der Waals surface area contributed by atoms with Gasteiger partial charge in [-0.05, 0) is 43.5 Å². The molecule has 1 aliphatic carbocycles. The molecule has 1 saturated carbocycles. The van der Waals surface area contributed by atoms with Crippen LogP contribution in [0.5, 0.6) is 5.88 Å². The number of aromatic nitrogens is 2. The van der Waals surface area contributed by atoms with Crippen molar-refractivity contribution >= 4 is 28.9 Å². The number of nitrogens with one attached hydrogen (secondary N) is 1. The van der Waals surface area contributed by atoms with E-state index in [0.29, 0.717) is 28.9 Å². The van der Waals surface area contributed by atoms with Gasteiger partial charge in [-0.3, -0.25) is 0 Å². The number of hydrogen-bond acceptors (Lipinski definition) is 6. The Morgan fingerprint density at radius 3 is 2.63 bits per heavy atom. The fourth-order valence-corrected chi connectivity index (χ4v) is 3.36. The van der Waals surface area contributed by atoms with E-state index in [2.05, 4.69) is 39.2 Å². The van der Waals surface area contributed by atoms with Gasteiger partial charge in [-0.1, -0.05) is 18.5 Å². The third-order valence-electron chi connectivity index (χ3n) is 5.43. The Morgan fingerprint density at radius 1 is 1.22 bits per heavy atom. The number of halogens is 1. The van der Waals surface area contributed by atoms with Gasteiger partial charge in [-0.25, -0.2) is 4.98 Å². The van der Waals surface area contributed by atoms with Crippen molar-refractivity contribution in [1.82, 2.24) is 9.97 Å². The molecule has 2 fully saturated rings. The Kier molecular flexibility index (Phi) is 5.36. The number of rotatable bonds is 7. The third kappa shape index (κ3) is 4.45. The highest BCUT2D eigenvalue weighted by molar-refractivity contribution is 6.31. The van der Waals surface area contributed by atoms with Crippen molar-refractivity contribution in [1.29, 1.82) is 0 Å². The van der Waals surface area contributed by atoms with E-state index in [-0.39, 0.29) is 0 Å².